The van der Waals surface area contributed by atoms with E-state index in [1.807, 2.05) is 13.0 Å². The first-order valence-corrected chi connectivity index (χ1v) is 9.74. The van der Waals surface area contributed by atoms with E-state index in [1.165, 1.54) is 0 Å². The van der Waals surface area contributed by atoms with Crippen LogP contribution in [0.15, 0.2) is 21.9 Å². The fourth-order valence-electron chi connectivity index (χ4n) is 3.27. The molecule has 0 aromatic carbocycles. The van der Waals surface area contributed by atoms with Gasteiger partial charge in [-0.05, 0) is 13.8 Å². The van der Waals surface area contributed by atoms with Crippen molar-refractivity contribution in [3.8, 4) is 0 Å². The van der Waals surface area contributed by atoms with Crippen LogP contribution in [0.3, 0.4) is 0 Å². The highest BCUT2D eigenvalue weighted by molar-refractivity contribution is 5.80. The molecule has 3 heterocycles. The van der Waals surface area contributed by atoms with Crippen LogP contribution in [-0.2, 0) is 19.5 Å². The molecule has 9 heteroatoms. The van der Waals surface area contributed by atoms with Crippen molar-refractivity contribution in [2.75, 3.05) is 39.3 Å². The lowest BCUT2D eigenvalue weighted by atomic mass is 10.3. The monoisotopic (exact) mass is 374 g/mol. The summed E-state index contributed by atoms with van der Waals surface area (Å²) in [6, 6.07) is 2.01. The zero-order valence-electron chi connectivity index (χ0n) is 16.6. The van der Waals surface area contributed by atoms with Gasteiger partial charge in [-0.25, -0.2) is 0 Å². The van der Waals surface area contributed by atoms with Crippen LogP contribution in [0.4, 0.5) is 0 Å². The molecule has 0 aliphatic carbocycles. The van der Waals surface area contributed by atoms with Crippen molar-refractivity contribution in [3.05, 3.63) is 29.7 Å². The average Bonchev–Trinajstić information content (AvgIpc) is 3.30. The summed E-state index contributed by atoms with van der Waals surface area (Å²) in [4.78, 5) is 9.55. The van der Waals surface area contributed by atoms with Crippen LogP contribution in [0, 0.1) is 6.92 Å². The molecule has 0 saturated carbocycles. The summed E-state index contributed by atoms with van der Waals surface area (Å²) < 4.78 is 7.24. The number of nitrogens with zero attached hydrogens (tertiary/aromatic N) is 7. The number of aliphatic imine (C=N–C) groups is 1. The lowest BCUT2D eigenvalue weighted by Crippen LogP contribution is -2.52. The molecule has 1 aliphatic rings. The van der Waals surface area contributed by atoms with Crippen molar-refractivity contribution in [1.29, 1.82) is 0 Å². The lowest BCUT2D eigenvalue weighted by Gasteiger charge is -2.36. The third-order valence-corrected chi connectivity index (χ3v) is 4.68. The van der Waals surface area contributed by atoms with Crippen molar-refractivity contribution in [3.63, 3.8) is 0 Å². The van der Waals surface area contributed by atoms with Crippen LogP contribution in [-0.4, -0.2) is 74.9 Å². The molecule has 9 nitrogen and oxygen atoms in total. The van der Waals surface area contributed by atoms with E-state index in [0.29, 0.717) is 6.54 Å². The van der Waals surface area contributed by atoms with Crippen LogP contribution >= 0.6 is 0 Å². The third-order valence-electron chi connectivity index (χ3n) is 4.68. The van der Waals surface area contributed by atoms with Gasteiger partial charge in [-0.2, -0.15) is 0 Å². The average molecular weight is 374 g/mol. The number of hydrogen-bond acceptors (Lipinski definition) is 6. The first kappa shape index (κ1) is 19.3. The minimum atomic E-state index is 0.714. The van der Waals surface area contributed by atoms with Crippen LogP contribution in [0.2, 0.25) is 0 Å². The molecule has 1 fully saturated rings. The first-order chi connectivity index (χ1) is 13.2. The predicted molar refractivity (Wildman–Crippen MR) is 103 cm³/mol. The van der Waals surface area contributed by atoms with Crippen LogP contribution < -0.4 is 5.32 Å². The SMILES string of the molecule is CCNC(=NCCn1cnnc1CC)N1CCN(Cc2cc(C)on2)CC1. The maximum atomic E-state index is 5.16. The summed E-state index contributed by atoms with van der Waals surface area (Å²) in [5, 5.41) is 15.6. The number of hydrogen-bond donors (Lipinski definition) is 1. The predicted octanol–water partition coefficient (Wildman–Crippen LogP) is 0.920. The van der Waals surface area contributed by atoms with E-state index in [1.54, 1.807) is 6.33 Å². The van der Waals surface area contributed by atoms with Gasteiger partial charge in [0.1, 0.15) is 17.9 Å². The van der Waals surface area contributed by atoms with Gasteiger partial charge in [0.25, 0.3) is 0 Å². The highest BCUT2D eigenvalue weighted by Crippen LogP contribution is 2.09. The number of aromatic nitrogens is 4. The van der Waals surface area contributed by atoms with Crippen LogP contribution in [0.25, 0.3) is 0 Å². The summed E-state index contributed by atoms with van der Waals surface area (Å²) in [5.74, 6) is 2.86. The quantitative estimate of drug-likeness (QED) is 0.569. The van der Waals surface area contributed by atoms with Gasteiger partial charge < -0.3 is 19.3 Å². The minimum absolute atomic E-state index is 0.714. The molecule has 0 spiro atoms. The number of aryl methyl sites for hydroxylation is 2. The van der Waals surface area contributed by atoms with Gasteiger partial charge >= 0.3 is 0 Å². The molecule has 1 saturated heterocycles. The lowest BCUT2D eigenvalue weighted by molar-refractivity contribution is 0.169. The third kappa shape index (κ3) is 5.29. The largest absolute Gasteiger partial charge is 0.361 e. The van der Waals surface area contributed by atoms with Crippen molar-refractivity contribution < 1.29 is 4.52 Å². The molecule has 1 N–H and O–H groups in total. The second-order valence-electron chi connectivity index (χ2n) is 6.72. The van der Waals surface area contributed by atoms with E-state index in [-0.39, 0.29) is 0 Å². The Morgan fingerprint density at radius 2 is 2.07 bits per heavy atom. The highest BCUT2D eigenvalue weighted by Gasteiger charge is 2.20. The topological polar surface area (TPSA) is 87.6 Å². The van der Waals surface area contributed by atoms with E-state index in [4.69, 9.17) is 9.52 Å². The van der Waals surface area contributed by atoms with Crippen LogP contribution in [0.1, 0.15) is 31.1 Å². The van der Waals surface area contributed by atoms with E-state index >= 15 is 0 Å². The Labute approximate surface area is 160 Å². The Kier molecular flexibility index (Phi) is 6.80. The molecule has 1 aliphatic heterocycles. The molecule has 0 amide bonds. The van der Waals surface area contributed by atoms with Gasteiger partial charge in [0.05, 0.1) is 12.2 Å². The molecular weight excluding hydrogens is 344 g/mol. The minimum Gasteiger partial charge on any atom is -0.361 e. The van der Waals surface area contributed by atoms with E-state index in [9.17, 15) is 0 Å². The highest BCUT2D eigenvalue weighted by atomic mass is 16.5. The zero-order valence-corrected chi connectivity index (χ0v) is 16.6. The molecule has 0 radical (unpaired) electrons. The molecule has 27 heavy (non-hydrogen) atoms. The number of piperazine rings is 1. The molecule has 0 unspecified atom stereocenters. The van der Waals surface area contributed by atoms with Gasteiger partial charge in [0.2, 0.25) is 0 Å². The molecule has 2 aromatic rings. The van der Waals surface area contributed by atoms with E-state index in [0.717, 1.165) is 75.5 Å². The fourth-order valence-corrected chi connectivity index (χ4v) is 3.27. The molecule has 0 atom stereocenters. The van der Waals surface area contributed by atoms with Gasteiger partial charge in [0, 0.05) is 58.3 Å². The normalized spacial score (nSPS) is 16.1. The first-order valence-electron chi connectivity index (χ1n) is 9.74. The number of guanidine groups is 1. The standard InChI is InChI=1S/C18H30N8O/c1-4-17-22-21-14-26(17)7-6-20-18(19-5-2)25-10-8-24(9-11-25)13-16-12-15(3)27-23-16/h12,14H,4-11,13H2,1-3H3,(H,19,20). The summed E-state index contributed by atoms with van der Waals surface area (Å²) in [6.07, 6.45) is 2.67. The Bertz CT molecular complexity index is 729. The Hall–Kier alpha value is -2.42. The van der Waals surface area contributed by atoms with Gasteiger partial charge in [-0.3, -0.25) is 9.89 Å². The molecule has 3 rings (SSSR count). The maximum Gasteiger partial charge on any atom is 0.194 e. The summed E-state index contributed by atoms with van der Waals surface area (Å²) in [7, 11) is 0. The van der Waals surface area contributed by atoms with Crippen molar-refractivity contribution in [2.45, 2.75) is 40.3 Å². The van der Waals surface area contributed by atoms with Gasteiger partial charge in [-0.1, -0.05) is 12.1 Å². The summed E-state index contributed by atoms with van der Waals surface area (Å²) >= 11 is 0. The van der Waals surface area contributed by atoms with Gasteiger partial charge in [0.15, 0.2) is 5.96 Å². The van der Waals surface area contributed by atoms with Crippen molar-refractivity contribution >= 4 is 5.96 Å². The van der Waals surface area contributed by atoms with E-state index < -0.39 is 0 Å². The van der Waals surface area contributed by atoms with E-state index in [2.05, 4.69) is 48.9 Å². The molecule has 148 valence electrons. The summed E-state index contributed by atoms with van der Waals surface area (Å²) in [5.41, 5.74) is 1.00. The fraction of sp³-hybridized carbons (Fsp3) is 0.667. The second kappa shape index (κ2) is 9.50. The van der Waals surface area contributed by atoms with Crippen molar-refractivity contribution in [2.24, 2.45) is 4.99 Å². The Morgan fingerprint density at radius 3 is 2.74 bits per heavy atom. The van der Waals surface area contributed by atoms with Crippen molar-refractivity contribution in [1.82, 2.24) is 35.0 Å². The molecule has 2 aromatic heterocycles. The smallest absolute Gasteiger partial charge is 0.194 e. The Balaban J connectivity index is 1.51. The van der Waals surface area contributed by atoms with Crippen LogP contribution in [0.5, 0.6) is 0 Å². The second-order valence-corrected chi connectivity index (χ2v) is 6.72. The number of rotatable bonds is 7. The zero-order chi connectivity index (χ0) is 19.1. The number of nitrogens with one attached hydrogen (secondary N) is 1. The Morgan fingerprint density at radius 1 is 1.26 bits per heavy atom. The molecule has 0 bridgehead atoms. The maximum absolute atomic E-state index is 5.16. The summed E-state index contributed by atoms with van der Waals surface area (Å²) in [6.45, 7) is 13.2. The van der Waals surface area contributed by atoms with Gasteiger partial charge in [-0.15, -0.1) is 10.2 Å². The molecular formula is C18H30N8O.